The van der Waals surface area contributed by atoms with Gasteiger partial charge in [0, 0.05) is 0 Å². The minimum atomic E-state index is -0.422. The molecular weight excluding hydrogens is 316 g/mol. The monoisotopic (exact) mass is 336 g/mol. The lowest BCUT2D eigenvalue weighted by atomic mass is 10.0. The van der Waals surface area contributed by atoms with Gasteiger partial charge in [0.25, 0.3) is 11.8 Å². The van der Waals surface area contributed by atoms with Crippen molar-refractivity contribution in [3.8, 4) is 0 Å². The number of nitrogens with zero attached hydrogens (tertiary/aromatic N) is 1. The molecule has 1 heterocycles. The summed E-state index contributed by atoms with van der Waals surface area (Å²) in [5.74, 6) is -1.20. The minimum absolute atomic E-state index is 0.206. The summed E-state index contributed by atoms with van der Waals surface area (Å²) in [6.45, 7) is 5.66. The zero-order valence-corrected chi connectivity index (χ0v) is 14.5. The van der Waals surface area contributed by atoms with Crippen LogP contribution in [0, 0.1) is 13.8 Å². The van der Waals surface area contributed by atoms with Crippen LogP contribution in [0.3, 0.4) is 0 Å². The van der Waals surface area contributed by atoms with Crippen molar-refractivity contribution >= 4 is 17.7 Å². The lowest BCUT2D eigenvalue weighted by Crippen LogP contribution is -2.41. The maximum atomic E-state index is 12.3. The topological polar surface area (TPSA) is 66.5 Å². The van der Waals surface area contributed by atoms with Crippen molar-refractivity contribution in [1.82, 2.24) is 10.2 Å². The van der Waals surface area contributed by atoms with E-state index in [9.17, 15) is 14.4 Å². The van der Waals surface area contributed by atoms with E-state index in [2.05, 4.69) is 5.32 Å². The highest BCUT2D eigenvalue weighted by molar-refractivity contribution is 6.22. The largest absolute Gasteiger partial charge is 0.348 e. The third-order valence-electron chi connectivity index (χ3n) is 4.59. The fraction of sp³-hybridized carbons (Fsp3) is 0.250. The van der Waals surface area contributed by atoms with Gasteiger partial charge in [-0.1, -0.05) is 30.3 Å². The van der Waals surface area contributed by atoms with Crippen LogP contribution in [0.4, 0.5) is 0 Å². The number of carbonyl (C=O) groups excluding carboxylic acids is 3. The molecule has 1 unspecified atom stereocenters. The van der Waals surface area contributed by atoms with Crippen molar-refractivity contribution in [1.29, 1.82) is 0 Å². The van der Waals surface area contributed by atoms with Crippen molar-refractivity contribution in [2.75, 3.05) is 6.54 Å². The van der Waals surface area contributed by atoms with E-state index in [1.54, 1.807) is 24.3 Å². The fourth-order valence-corrected chi connectivity index (χ4v) is 2.93. The number of hydrogen-bond donors (Lipinski definition) is 1. The molecule has 2 aromatic rings. The second kappa shape index (κ2) is 6.51. The molecule has 0 spiro atoms. The number of aryl methyl sites for hydroxylation is 2. The molecule has 1 atom stereocenters. The molecular formula is C20H20N2O3. The number of nitrogens with one attached hydrogen (secondary N) is 1. The van der Waals surface area contributed by atoms with Gasteiger partial charge in [-0.15, -0.1) is 0 Å². The van der Waals surface area contributed by atoms with Crippen LogP contribution >= 0.6 is 0 Å². The number of benzene rings is 2. The Morgan fingerprint density at radius 1 is 1.00 bits per heavy atom. The number of hydrogen-bond acceptors (Lipinski definition) is 3. The van der Waals surface area contributed by atoms with Gasteiger partial charge in [0.15, 0.2) is 0 Å². The van der Waals surface area contributed by atoms with Crippen molar-refractivity contribution in [2.45, 2.75) is 26.8 Å². The fourth-order valence-electron chi connectivity index (χ4n) is 2.93. The Balaban J connectivity index is 1.68. The Morgan fingerprint density at radius 3 is 2.16 bits per heavy atom. The molecule has 0 bridgehead atoms. The molecule has 1 N–H and O–H groups in total. The number of imide groups is 1. The van der Waals surface area contributed by atoms with Crippen LogP contribution in [-0.4, -0.2) is 29.2 Å². The zero-order valence-electron chi connectivity index (χ0n) is 14.5. The molecule has 0 radical (unpaired) electrons. The van der Waals surface area contributed by atoms with Crippen molar-refractivity contribution in [2.24, 2.45) is 0 Å². The SMILES string of the molecule is Cc1ccc(C(C)NC(=O)CN2C(=O)c3ccccc3C2=O)cc1C. The molecule has 1 aliphatic heterocycles. The molecule has 1 aliphatic rings. The van der Waals surface area contributed by atoms with Gasteiger partial charge in [-0.05, 0) is 49.6 Å². The van der Waals surface area contributed by atoms with E-state index in [1.165, 1.54) is 5.56 Å². The number of rotatable bonds is 4. The van der Waals surface area contributed by atoms with Crippen molar-refractivity contribution in [3.05, 3.63) is 70.3 Å². The third kappa shape index (κ3) is 3.18. The Labute approximate surface area is 146 Å². The van der Waals surface area contributed by atoms with Gasteiger partial charge in [-0.25, -0.2) is 0 Å². The summed E-state index contributed by atoms with van der Waals surface area (Å²) in [6.07, 6.45) is 0. The van der Waals surface area contributed by atoms with Crippen LogP contribution in [0.1, 0.15) is 50.4 Å². The van der Waals surface area contributed by atoms with E-state index < -0.39 is 11.8 Å². The van der Waals surface area contributed by atoms with Gasteiger partial charge < -0.3 is 5.32 Å². The highest BCUT2D eigenvalue weighted by Crippen LogP contribution is 2.22. The predicted octanol–water partition coefficient (Wildman–Crippen LogP) is 2.78. The first kappa shape index (κ1) is 16.9. The van der Waals surface area contributed by atoms with E-state index in [4.69, 9.17) is 0 Å². The lowest BCUT2D eigenvalue weighted by Gasteiger charge is -2.18. The maximum Gasteiger partial charge on any atom is 0.262 e. The third-order valence-corrected chi connectivity index (χ3v) is 4.59. The number of fused-ring (bicyclic) bond motifs is 1. The summed E-state index contributed by atoms with van der Waals surface area (Å²) in [5, 5.41) is 2.85. The van der Waals surface area contributed by atoms with E-state index in [-0.39, 0.29) is 18.5 Å². The molecule has 25 heavy (non-hydrogen) atoms. The standard InChI is InChI=1S/C20H20N2O3/c1-12-8-9-15(10-13(12)2)14(3)21-18(23)11-22-19(24)16-6-4-5-7-17(16)20(22)25/h4-10,14H,11H2,1-3H3,(H,21,23). The molecule has 0 aliphatic carbocycles. The Morgan fingerprint density at radius 2 is 1.60 bits per heavy atom. The quantitative estimate of drug-likeness (QED) is 0.873. The van der Waals surface area contributed by atoms with E-state index in [1.807, 2.05) is 39.0 Å². The predicted molar refractivity (Wildman–Crippen MR) is 94.3 cm³/mol. The van der Waals surface area contributed by atoms with Crippen molar-refractivity contribution < 1.29 is 14.4 Å². The summed E-state index contributed by atoms with van der Waals surface area (Å²) < 4.78 is 0. The van der Waals surface area contributed by atoms with Crippen LogP contribution in [0.15, 0.2) is 42.5 Å². The van der Waals surface area contributed by atoms with Crippen LogP contribution < -0.4 is 5.32 Å². The first-order valence-electron chi connectivity index (χ1n) is 8.20. The molecule has 128 valence electrons. The number of amides is 3. The average Bonchev–Trinajstić information content (AvgIpc) is 2.82. The second-order valence-corrected chi connectivity index (χ2v) is 6.37. The van der Waals surface area contributed by atoms with Crippen LogP contribution in [-0.2, 0) is 4.79 Å². The maximum absolute atomic E-state index is 12.3. The Bertz CT molecular complexity index is 838. The molecule has 3 amide bonds. The summed E-state index contributed by atoms with van der Waals surface area (Å²) in [5.41, 5.74) is 4.02. The molecule has 0 aromatic heterocycles. The van der Waals surface area contributed by atoms with Gasteiger partial charge in [0.2, 0.25) is 5.91 Å². The number of carbonyl (C=O) groups is 3. The summed E-state index contributed by atoms with van der Waals surface area (Å²) in [4.78, 5) is 37.9. The first-order chi connectivity index (χ1) is 11.9. The van der Waals surface area contributed by atoms with Crippen LogP contribution in [0.5, 0.6) is 0 Å². The first-order valence-corrected chi connectivity index (χ1v) is 8.20. The van der Waals surface area contributed by atoms with Crippen molar-refractivity contribution in [3.63, 3.8) is 0 Å². The average molecular weight is 336 g/mol. The van der Waals surface area contributed by atoms with E-state index >= 15 is 0 Å². The summed E-state index contributed by atoms with van der Waals surface area (Å²) in [7, 11) is 0. The minimum Gasteiger partial charge on any atom is -0.348 e. The van der Waals surface area contributed by atoms with Crippen LogP contribution in [0.2, 0.25) is 0 Å². The van der Waals surface area contributed by atoms with Crippen LogP contribution in [0.25, 0.3) is 0 Å². The van der Waals surface area contributed by atoms with Gasteiger partial charge in [-0.3, -0.25) is 19.3 Å². The Kier molecular flexibility index (Phi) is 4.40. The lowest BCUT2D eigenvalue weighted by molar-refractivity contribution is -0.122. The van der Waals surface area contributed by atoms with E-state index in [0.717, 1.165) is 16.0 Å². The molecule has 3 rings (SSSR count). The molecule has 5 nitrogen and oxygen atoms in total. The summed E-state index contributed by atoms with van der Waals surface area (Å²) in [6, 6.07) is 12.4. The van der Waals surface area contributed by atoms with Gasteiger partial charge in [-0.2, -0.15) is 0 Å². The molecule has 0 saturated carbocycles. The van der Waals surface area contributed by atoms with Gasteiger partial charge >= 0.3 is 0 Å². The highest BCUT2D eigenvalue weighted by Gasteiger charge is 2.36. The second-order valence-electron chi connectivity index (χ2n) is 6.37. The Hall–Kier alpha value is -2.95. The van der Waals surface area contributed by atoms with Gasteiger partial charge in [0.05, 0.1) is 17.2 Å². The normalized spacial score (nSPS) is 14.4. The van der Waals surface area contributed by atoms with Gasteiger partial charge in [0.1, 0.15) is 6.54 Å². The zero-order chi connectivity index (χ0) is 18.1. The smallest absolute Gasteiger partial charge is 0.262 e. The molecule has 0 fully saturated rings. The van der Waals surface area contributed by atoms with E-state index in [0.29, 0.717) is 11.1 Å². The molecule has 0 saturated heterocycles. The highest BCUT2D eigenvalue weighted by atomic mass is 16.2. The summed E-state index contributed by atoms with van der Waals surface area (Å²) >= 11 is 0. The molecule has 5 heteroatoms. The molecule has 2 aromatic carbocycles.